The van der Waals surface area contributed by atoms with Crippen molar-refractivity contribution in [2.75, 3.05) is 0 Å². The Morgan fingerprint density at radius 1 is 0.895 bits per heavy atom. The van der Waals surface area contributed by atoms with Gasteiger partial charge in [0.05, 0.1) is 0 Å². The molecule has 38 heavy (non-hydrogen) atoms. The fourth-order valence-electron chi connectivity index (χ4n) is 5.82. The van der Waals surface area contributed by atoms with Crippen molar-refractivity contribution >= 4 is 32.7 Å². The summed E-state index contributed by atoms with van der Waals surface area (Å²) in [5, 5.41) is 5.15. The van der Waals surface area contributed by atoms with Crippen LogP contribution in [0.2, 0.25) is 0 Å². The molecule has 1 aliphatic carbocycles. The van der Waals surface area contributed by atoms with Crippen molar-refractivity contribution in [3.8, 4) is 11.1 Å². The predicted molar refractivity (Wildman–Crippen MR) is 168 cm³/mol. The molecule has 5 rings (SSSR count). The van der Waals surface area contributed by atoms with E-state index in [0.29, 0.717) is 0 Å². The Bertz CT molecular complexity index is 1680. The van der Waals surface area contributed by atoms with Gasteiger partial charge >= 0.3 is 0 Å². The molecule has 4 aromatic carbocycles. The number of hydrogen-bond acceptors (Lipinski definition) is 0. The van der Waals surface area contributed by atoms with Gasteiger partial charge in [0.15, 0.2) is 0 Å². The monoisotopic (exact) mass is 490 g/mol. The Labute approximate surface area is 227 Å². The zero-order valence-corrected chi connectivity index (χ0v) is 22.6. The van der Waals surface area contributed by atoms with Crippen LogP contribution in [0, 0.1) is 0 Å². The van der Waals surface area contributed by atoms with E-state index < -0.39 is 0 Å². The lowest BCUT2D eigenvalue weighted by Crippen LogP contribution is -1.98. The fraction of sp³-hybridized carbons (Fsp3) is 0.132. The standard InChI is InChI=1S/C38H34/c1-6-16-27(7-2)30(9-4)36-25-29(24-23-28(36)8-3)37-32-19-12-14-21-34(32)38(31-18-11-10-17-26(31)5)35-22-15-13-20-33(35)37/h6-7,9,11-17,19-25H,1-2,8,18H2,3-5H3/b27-16+,30-9-. The summed E-state index contributed by atoms with van der Waals surface area (Å²) >= 11 is 0. The summed E-state index contributed by atoms with van der Waals surface area (Å²) in [6.07, 6.45) is 14.1. The SMILES string of the molecule is C=C/C=C(C=C)/C(=C/C)c1cc(-c2c3ccccc3c(C3=C(C)C=C=CC3)c3ccccc23)ccc1CC. The number of aryl methyl sites for hydroxylation is 1. The molecule has 0 nitrogen and oxygen atoms in total. The minimum absolute atomic E-state index is 0.898. The third kappa shape index (κ3) is 4.34. The first-order chi connectivity index (χ1) is 18.6. The van der Waals surface area contributed by atoms with E-state index in [4.69, 9.17) is 0 Å². The molecule has 0 unspecified atom stereocenters. The third-order valence-corrected chi connectivity index (χ3v) is 7.62. The third-order valence-electron chi connectivity index (χ3n) is 7.62. The van der Waals surface area contributed by atoms with Crippen LogP contribution < -0.4 is 0 Å². The van der Waals surface area contributed by atoms with E-state index in [1.54, 1.807) is 0 Å². The van der Waals surface area contributed by atoms with Crippen molar-refractivity contribution in [1.82, 2.24) is 0 Å². The maximum Gasteiger partial charge on any atom is -0.00120 e. The zero-order valence-electron chi connectivity index (χ0n) is 22.6. The van der Waals surface area contributed by atoms with Gasteiger partial charge in [-0.15, -0.1) is 5.73 Å². The maximum absolute atomic E-state index is 4.08. The minimum atomic E-state index is 0.898. The van der Waals surface area contributed by atoms with E-state index in [1.807, 2.05) is 18.2 Å². The highest BCUT2D eigenvalue weighted by Crippen LogP contribution is 2.44. The Kier molecular flexibility index (Phi) is 7.27. The van der Waals surface area contributed by atoms with Crippen molar-refractivity contribution in [2.45, 2.75) is 33.6 Å². The van der Waals surface area contributed by atoms with Gasteiger partial charge in [0, 0.05) is 0 Å². The Morgan fingerprint density at radius 2 is 1.53 bits per heavy atom. The van der Waals surface area contributed by atoms with Crippen LogP contribution in [0.25, 0.3) is 43.8 Å². The average Bonchev–Trinajstić information content (AvgIpc) is 2.96. The highest BCUT2D eigenvalue weighted by atomic mass is 14.2. The van der Waals surface area contributed by atoms with Gasteiger partial charge in [0.2, 0.25) is 0 Å². The molecule has 0 saturated heterocycles. The summed E-state index contributed by atoms with van der Waals surface area (Å²) < 4.78 is 0. The van der Waals surface area contributed by atoms with E-state index in [0.717, 1.165) is 18.4 Å². The van der Waals surface area contributed by atoms with E-state index in [1.165, 1.54) is 66.1 Å². The van der Waals surface area contributed by atoms with E-state index in [2.05, 4.69) is 125 Å². The highest BCUT2D eigenvalue weighted by molar-refractivity contribution is 6.19. The molecule has 0 radical (unpaired) electrons. The average molecular weight is 491 g/mol. The van der Waals surface area contributed by atoms with Gasteiger partial charge in [-0.05, 0) is 117 Å². The fourth-order valence-corrected chi connectivity index (χ4v) is 5.82. The lowest BCUT2D eigenvalue weighted by atomic mass is 9.82. The van der Waals surface area contributed by atoms with E-state index >= 15 is 0 Å². The summed E-state index contributed by atoms with van der Waals surface area (Å²) in [5.41, 5.74) is 14.7. The zero-order chi connectivity index (χ0) is 26.6. The second-order valence-corrected chi connectivity index (χ2v) is 9.71. The van der Waals surface area contributed by atoms with Crippen LogP contribution in [0.5, 0.6) is 0 Å². The molecular weight excluding hydrogens is 456 g/mol. The molecule has 0 atom stereocenters. The number of hydrogen-bond donors (Lipinski definition) is 0. The molecule has 0 spiro atoms. The lowest BCUT2D eigenvalue weighted by molar-refractivity contribution is 1.13. The first kappa shape index (κ1) is 25.3. The Morgan fingerprint density at radius 3 is 2.05 bits per heavy atom. The summed E-state index contributed by atoms with van der Waals surface area (Å²) in [7, 11) is 0. The molecule has 0 aromatic heterocycles. The van der Waals surface area contributed by atoms with Crippen molar-refractivity contribution in [1.29, 1.82) is 0 Å². The normalized spacial score (nSPS) is 14.0. The molecule has 0 saturated carbocycles. The van der Waals surface area contributed by atoms with Crippen molar-refractivity contribution in [2.24, 2.45) is 0 Å². The van der Waals surface area contributed by atoms with Crippen LogP contribution in [-0.2, 0) is 6.42 Å². The largest absolute Gasteiger partial charge is 0.125 e. The molecule has 186 valence electrons. The van der Waals surface area contributed by atoms with E-state index in [9.17, 15) is 0 Å². The van der Waals surface area contributed by atoms with Crippen LogP contribution in [-0.4, -0.2) is 0 Å². The molecule has 4 aromatic rings. The van der Waals surface area contributed by atoms with Crippen LogP contribution in [0.4, 0.5) is 0 Å². The molecule has 0 N–H and O–H groups in total. The van der Waals surface area contributed by atoms with Gasteiger partial charge in [-0.3, -0.25) is 0 Å². The van der Waals surface area contributed by atoms with Gasteiger partial charge < -0.3 is 0 Å². The van der Waals surface area contributed by atoms with Gasteiger partial charge in [0.1, 0.15) is 0 Å². The van der Waals surface area contributed by atoms with Crippen LogP contribution in [0.3, 0.4) is 0 Å². The molecular formula is C38H34. The first-order valence-electron chi connectivity index (χ1n) is 13.4. The Hall–Kier alpha value is -4.38. The molecule has 0 heteroatoms. The van der Waals surface area contributed by atoms with Crippen molar-refractivity contribution < 1.29 is 0 Å². The van der Waals surface area contributed by atoms with Gasteiger partial charge in [0.25, 0.3) is 0 Å². The molecule has 0 aliphatic heterocycles. The van der Waals surface area contributed by atoms with Crippen LogP contribution in [0.15, 0.2) is 133 Å². The van der Waals surface area contributed by atoms with Gasteiger partial charge in [-0.25, -0.2) is 0 Å². The lowest BCUT2D eigenvalue weighted by Gasteiger charge is -2.21. The minimum Gasteiger partial charge on any atom is -0.125 e. The summed E-state index contributed by atoms with van der Waals surface area (Å²) in [6.45, 7) is 14.5. The molecule has 1 aliphatic rings. The topological polar surface area (TPSA) is 0 Å². The Balaban J connectivity index is 1.87. The quantitative estimate of drug-likeness (QED) is 0.137. The van der Waals surface area contributed by atoms with Gasteiger partial charge in [-0.2, -0.15) is 0 Å². The van der Waals surface area contributed by atoms with Crippen molar-refractivity contribution in [3.05, 3.63) is 150 Å². The molecule has 0 heterocycles. The molecule has 0 bridgehead atoms. The number of rotatable bonds is 7. The number of allylic oxidation sites excluding steroid dienone is 9. The summed E-state index contributed by atoms with van der Waals surface area (Å²) in [5.74, 6) is 0. The first-order valence-corrected chi connectivity index (χ1v) is 13.4. The van der Waals surface area contributed by atoms with Crippen molar-refractivity contribution in [3.63, 3.8) is 0 Å². The second kappa shape index (κ2) is 10.9. The number of fused-ring (bicyclic) bond motifs is 2. The summed E-state index contributed by atoms with van der Waals surface area (Å²) in [6, 6.07) is 24.7. The highest BCUT2D eigenvalue weighted by Gasteiger charge is 2.20. The van der Waals surface area contributed by atoms with Crippen LogP contribution >= 0.6 is 0 Å². The summed E-state index contributed by atoms with van der Waals surface area (Å²) in [4.78, 5) is 0. The maximum atomic E-state index is 4.08. The van der Waals surface area contributed by atoms with Gasteiger partial charge in [-0.1, -0.05) is 105 Å². The molecule has 0 amide bonds. The number of benzene rings is 4. The smallest absolute Gasteiger partial charge is 0.00120 e. The van der Waals surface area contributed by atoms with E-state index in [-0.39, 0.29) is 0 Å². The van der Waals surface area contributed by atoms with Crippen LogP contribution in [0.1, 0.15) is 43.9 Å². The second-order valence-electron chi connectivity index (χ2n) is 9.71. The molecule has 0 fully saturated rings. The predicted octanol–water partition coefficient (Wildman–Crippen LogP) is 10.8.